The van der Waals surface area contributed by atoms with E-state index in [9.17, 15) is 5.11 Å². The molecule has 0 bridgehead atoms. The van der Waals surface area contributed by atoms with Crippen LogP contribution < -0.4 is 10.5 Å². The Labute approximate surface area is 110 Å². The van der Waals surface area contributed by atoms with E-state index in [1.165, 1.54) is 5.56 Å². The molecule has 1 aromatic rings. The Morgan fingerprint density at radius 3 is 2.33 bits per heavy atom. The zero-order valence-corrected chi connectivity index (χ0v) is 12.0. The van der Waals surface area contributed by atoms with Gasteiger partial charge in [0.1, 0.15) is 11.9 Å². The molecule has 18 heavy (non-hydrogen) atoms. The first-order valence-corrected chi connectivity index (χ1v) is 6.36. The summed E-state index contributed by atoms with van der Waals surface area (Å²) in [5, 5.41) is 9.46. The first kappa shape index (κ1) is 15.0. The first-order valence-electron chi connectivity index (χ1n) is 6.36. The number of aliphatic hydroxyl groups is 1. The fourth-order valence-electron chi connectivity index (χ4n) is 1.88. The average molecular weight is 251 g/mol. The third kappa shape index (κ3) is 3.72. The SMILES string of the molecule is Cc1ccc(OC(CO)C(N)C(C)(C)C)c(C)c1. The van der Waals surface area contributed by atoms with Crippen LogP contribution in [0, 0.1) is 19.3 Å². The minimum Gasteiger partial charge on any atom is -0.486 e. The van der Waals surface area contributed by atoms with Crippen molar-refractivity contribution in [3.05, 3.63) is 29.3 Å². The molecule has 0 radical (unpaired) electrons. The highest BCUT2D eigenvalue weighted by Gasteiger charge is 2.30. The third-order valence-electron chi connectivity index (χ3n) is 3.19. The van der Waals surface area contributed by atoms with Gasteiger partial charge in [-0.1, -0.05) is 38.5 Å². The summed E-state index contributed by atoms with van der Waals surface area (Å²) in [5.41, 5.74) is 8.30. The highest BCUT2D eigenvalue weighted by molar-refractivity contribution is 5.35. The molecule has 1 rings (SSSR count). The lowest BCUT2D eigenvalue weighted by Crippen LogP contribution is -2.49. The summed E-state index contributed by atoms with van der Waals surface area (Å²) < 4.78 is 5.86. The van der Waals surface area contributed by atoms with Crippen LogP contribution >= 0.6 is 0 Å². The summed E-state index contributed by atoms with van der Waals surface area (Å²) in [4.78, 5) is 0. The zero-order valence-electron chi connectivity index (χ0n) is 12.0. The lowest BCUT2D eigenvalue weighted by atomic mass is 9.84. The number of hydrogen-bond donors (Lipinski definition) is 2. The molecule has 0 saturated heterocycles. The van der Waals surface area contributed by atoms with Crippen molar-refractivity contribution in [2.75, 3.05) is 6.61 Å². The van der Waals surface area contributed by atoms with Crippen LogP contribution in [0.3, 0.4) is 0 Å². The quantitative estimate of drug-likeness (QED) is 0.864. The molecule has 2 unspecified atom stereocenters. The summed E-state index contributed by atoms with van der Waals surface area (Å²) >= 11 is 0. The summed E-state index contributed by atoms with van der Waals surface area (Å²) in [6.07, 6.45) is -0.383. The number of nitrogens with two attached hydrogens (primary N) is 1. The highest BCUT2D eigenvalue weighted by atomic mass is 16.5. The zero-order chi connectivity index (χ0) is 13.9. The van der Waals surface area contributed by atoms with Crippen molar-refractivity contribution in [1.29, 1.82) is 0 Å². The summed E-state index contributed by atoms with van der Waals surface area (Å²) in [5.74, 6) is 0.791. The molecule has 0 aliphatic carbocycles. The Kier molecular flexibility index (Phi) is 4.77. The van der Waals surface area contributed by atoms with Gasteiger partial charge in [0.15, 0.2) is 0 Å². The first-order chi connectivity index (χ1) is 8.25. The Morgan fingerprint density at radius 2 is 1.89 bits per heavy atom. The van der Waals surface area contributed by atoms with Gasteiger partial charge in [-0.2, -0.15) is 0 Å². The molecule has 0 fully saturated rings. The molecule has 0 amide bonds. The molecule has 2 atom stereocenters. The molecule has 0 spiro atoms. The molecule has 3 nitrogen and oxygen atoms in total. The monoisotopic (exact) mass is 251 g/mol. The van der Waals surface area contributed by atoms with Gasteiger partial charge in [0.2, 0.25) is 0 Å². The van der Waals surface area contributed by atoms with Gasteiger partial charge >= 0.3 is 0 Å². The van der Waals surface area contributed by atoms with Crippen LogP contribution in [0.4, 0.5) is 0 Å². The van der Waals surface area contributed by atoms with Crippen LogP contribution in [0.25, 0.3) is 0 Å². The van der Waals surface area contributed by atoms with Crippen LogP contribution in [-0.2, 0) is 0 Å². The second kappa shape index (κ2) is 5.72. The normalized spacial score (nSPS) is 15.3. The van der Waals surface area contributed by atoms with E-state index in [0.29, 0.717) is 0 Å². The smallest absolute Gasteiger partial charge is 0.137 e. The van der Waals surface area contributed by atoms with E-state index in [-0.39, 0.29) is 24.2 Å². The standard InChI is InChI=1S/C15H25NO2/c1-10-6-7-12(11(2)8-10)18-13(9-17)14(16)15(3,4)5/h6-8,13-14,17H,9,16H2,1-5H3. The van der Waals surface area contributed by atoms with Gasteiger partial charge in [0, 0.05) is 6.04 Å². The van der Waals surface area contributed by atoms with Crippen LogP contribution in [-0.4, -0.2) is 23.9 Å². The van der Waals surface area contributed by atoms with Crippen molar-refractivity contribution in [3.8, 4) is 5.75 Å². The van der Waals surface area contributed by atoms with Crippen molar-refractivity contribution in [3.63, 3.8) is 0 Å². The Bertz CT molecular complexity index is 396. The van der Waals surface area contributed by atoms with Gasteiger partial charge < -0.3 is 15.6 Å². The molecule has 102 valence electrons. The number of aryl methyl sites for hydroxylation is 2. The predicted molar refractivity (Wildman–Crippen MR) is 74.8 cm³/mol. The van der Waals surface area contributed by atoms with Gasteiger partial charge in [-0.25, -0.2) is 0 Å². The minimum atomic E-state index is -0.383. The molecule has 0 aliphatic rings. The molecule has 0 heterocycles. The Morgan fingerprint density at radius 1 is 1.28 bits per heavy atom. The van der Waals surface area contributed by atoms with Crippen molar-refractivity contribution >= 4 is 0 Å². The Balaban J connectivity index is 2.86. The minimum absolute atomic E-state index is 0.0776. The van der Waals surface area contributed by atoms with Gasteiger partial charge in [-0.05, 0) is 30.9 Å². The van der Waals surface area contributed by atoms with E-state index in [4.69, 9.17) is 10.5 Å². The number of aliphatic hydroxyl groups excluding tert-OH is 1. The van der Waals surface area contributed by atoms with Crippen LogP contribution in [0.15, 0.2) is 18.2 Å². The van der Waals surface area contributed by atoms with Crippen LogP contribution in [0.1, 0.15) is 31.9 Å². The van der Waals surface area contributed by atoms with Crippen molar-refractivity contribution in [2.24, 2.45) is 11.1 Å². The van der Waals surface area contributed by atoms with Crippen molar-refractivity contribution in [2.45, 2.75) is 46.8 Å². The van der Waals surface area contributed by atoms with Crippen LogP contribution in [0.2, 0.25) is 0 Å². The third-order valence-corrected chi connectivity index (χ3v) is 3.19. The molecule has 0 saturated carbocycles. The van der Waals surface area contributed by atoms with E-state index in [1.54, 1.807) is 0 Å². The maximum atomic E-state index is 9.46. The number of ether oxygens (including phenoxy) is 1. The number of benzene rings is 1. The molecular weight excluding hydrogens is 226 g/mol. The van der Waals surface area contributed by atoms with Crippen molar-refractivity contribution in [1.82, 2.24) is 0 Å². The summed E-state index contributed by atoms with van der Waals surface area (Å²) in [6, 6.07) is 5.78. The molecule has 0 aliphatic heterocycles. The predicted octanol–water partition coefficient (Wildman–Crippen LogP) is 2.42. The maximum absolute atomic E-state index is 9.46. The lowest BCUT2D eigenvalue weighted by Gasteiger charge is -2.33. The summed E-state index contributed by atoms with van der Waals surface area (Å²) in [6.45, 7) is 10.1. The second-order valence-electron chi connectivity index (χ2n) is 6.00. The fraction of sp³-hybridized carbons (Fsp3) is 0.600. The van der Waals surface area contributed by atoms with E-state index in [2.05, 4.69) is 6.07 Å². The Hall–Kier alpha value is -1.06. The number of rotatable bonds is 4. The van der Waals surface area contributed by atoms with Gasteiger partial charge in [-0.15, -0.1) is 0 Å². The van der Waals surface area contributed by atoms with E-state index >= 15 is 0 Å². The molecule has 0 aromatic heterocycles. The number of hydrogen-bond acceptors (Lipinski definition) is 3. The van der Waals surface area contributed by atoms with Gasteiger partial charge in [0.25, 0.3) is 0 Å². The lowest BCUT2D eigenvalue weighted by molar-refractivity contribution is 0.0587. The van der Waals surface area contributed by atoms with Crippen molar-refractivity contribution < 1.29 is 9.84 Å². The highest BCUT2D eigenvalue weighted by Crippen LogP contribution is 2.25. The fourth-order valence-corrected chi connectivity index (χ4v) is 1.88. The summed E-state index contributed by atoms with van der Waals surface area (Å²) in [7, 11) is 0. The van der Waals surface area contributed by atoms with E-state index in [0.717, 1.165) is 11.3 Å². The second-order valence-corrected chi connectivity index (χ2v) is 6.00. The molecule has 1 aromatic carbocycles. The molecular formula is C15H25NO2. The molecule has 3 heteroatoms. The van der Waals surface area contributed by atoms with E-state index in [1.807, 2.05) is 46.8 Å². The average Bonchev–Trinajstić information content (AvgIpc) is 2.26. The maximum Gasteiger partial charge on any atom is 0.137 e. The van der Waals surface area contributed by atoms with Crippen LogP contribution in [0.5, 0.6) is 5.75 Å². The largest absolute Gasteiger partial charge is 0.486 e. The topological polar surface area (TPSA) is 55.5 Å². The van der Waals surface area contributed by atoms with Gasteiger partial charge in [0.05, 0.1) is 6.61 Å². The van der Waals surface area contributed by atoms with Gasteiger partial charge in [-0.3, -0.25) is 0 Å². The molecule has 3 N–H and O–H groups in total. The van der Waals surface area contributed by atoms with E-state index < -0.39 is 0 Å².